The number of anilines is 1. The fraction of sp³-hybridized carbons (Fsp3) is 0.273. The normalized spacial score (nSPS) is 14.9. The van der Waals surface area contributed by atoms with Gasteiger partial charge in [-0.2, -0.15) is 0 Å². The minimum atomic E-state index is -3.37. The second-order valence-electron chi connectivity index (χ2n) is 7.43. The van der Waals surface area contributed by atoms with Gasteiger partial charge in [-0.15, -0.1) is 0 Å². The molecule has 3 rings (SSSR count). The molecule has 30 heavy (non-hydrogen) atoms. The highest BCUT2D eigenvalue weighted by Gasteiger charge is 2.23. The molecule has 0 radical (unpaired) electrons. The largest absolute Gasteiger partial charge is 0.349 e. The molecule has 0 aliphatic heterocycles. The van der Waals surface area contributed by atoms with Crippen molar-refractivity contribution in [3.05, 3.63) is 71.3 Å². The summed E-state index contributed by atoms with van der Waals surface area (Å²) in [5, 5.41) is 5.78. The number of nitrogens with one attached hydrogen (secondary N) is 3. The van der Waals surface area contributed by atoms with Gasteiger partial charge >= 0.3 is 0 Å². The summed E-state index contributed by atoms with van der Waals surface area (Å²) in [7, 11) is -3.37. The van der Waals surface area contributed by atoms with Crippen molar-refractivity contribution in [1.29, 1.82) is 0 Å². The van der Waals surface area contributed by atoms with E-state index in [9.17, 15) is 18.0 Å². The fourth-order valence-electron chi connectivity index (χ4n) is 2.84. The summed E-state index contributed by atoms with van der Waals surface area (Å²) in [5.41, 5.74) is 2.62. The average Bonchev–Trinajstić information content (AvgIpc) is 3.49. The van der Waals surface area contributed by atoms with Gasteiger partial charge in [-0.25, -0.2) is 8.42 Å². The van der Waals surface area contributed by atoms with Crippen LogP contribution < -0.4 is 15.4 Å². The van der Waals surface area contributed by atoms with Crippen molar-refractivity contribution in [1.82, 2.24) is 10.6 Å². The number of carbonyl (C=O) groups excluding carboxylic acids is 2. The third-order valence-corrected chi connectivity index (χ3v) is 5.17. The summed E-state index contributed by atoms with van der Waals surface area (Å²) in [6.07, 6.45) is 6.26. The Balaban J connectivity index is 1.56. The Morgan fingerprint density at radius 2 is 1.80 bits per heavy atom. The van der Waals surface area contributed by atoms with Gasteiger partial charge in [0.15, 0.2) is 0 Å². The Morgan fingerprint density at radius 3 is 2.43 bits per heavy atom. The van der Waals surface area contributed by atoms with Crippen LogP contribution in [0.1, 0.15) is 47.3 Å². The van der Waals surface area contributed by atoms with Crippen LogP contribution in [0.25, 0.3) is 6.08 Å². The molecule has 1 unspecified atom stereocenters. The zero-order valence-electron chi connectivity index (χ0n) is 16.9. The first-order chi connectivity index (χ1) is 14.2. The summed E-state index contributed by atoms with van der Waals surface area (Å²) in [6, 6.07) is 13.9. The molecular formula is C22H25N3O4S. The molecule has 0 spiro atoms. The van der Waals surface area contributed by atoms with Crippen molar-refractivity contribution in [2.45, 2.75) is 31.8 Å². The van der Waals surface area contributed by atoms with Gasteiger partial charge in [0.1, 0.15) is 0 Å². The van der Waals surface area contributed by atoms with E-state index in [0.717, 1.165) is 30.2 Å². The molecule has 1 fully saturated rings. The number of carbonyl (C=O) groups is 2. The van der Waals surface area contributed by atoms with Crippen molar-refractivity contribution < 1.29 is 18.0 Å². The van der Waals surface area contributed by atoms with Crippen LogP contribution in [-0.4, -0.2) is 32.5 Å². The molecule has 2 amide bonds. The van der Waals surface area contributed by atoms with Gasteiger partial charge in [-0.1, -0.05) is 24.3 Å². The lowest BCUT2D eigenvalue weighted by molar-refractivity contribution is -0.117. The van der Waals surface area contributed by atoms with Crippen LogP contribution in [0, 0.1) is 0 Å². The highest BCUT2D eigenvalue weighted by Crippen LogP contribution is 2.20. The summed E-state index contributed by atoms with van der Waals surface area (Å²) >= 11 is 0. The lowest BCUT2D eigenvalue weighted by Gasteiger charge is -2.14. The summed E-state index contributed by atoms with van der Waals surface area (Å²) in [6.45, 7) is 1.82. The molecule has 0 heterocycles. The maximum absolute atomic E-state index is 12.2. The molecule has 0 aromatic heterocycles. The topological polar surface area (TPSA) is 104 Å². The lowest BCUT2D eigenvalue weighted by Crippen LogP contribution is -2.25. The second kappa shape index (κ2) is 9.13. The predicted molar refractivity (Wildman–Crippen MR) is 117 cm³/mol. The molecule has 7 nitrogen and oxygen atoms in total. The van der Waals surface area contributed by atoms with Gasteiger partial charge < -0.3 is 10.6 Å². The van der Waals surface area contributed by atoms with Crippen LogP contribution in [0.2, 0.25) is 0 Å². The molecule has 3 N–H and O–H groups in total. The minimum absolute atomic E-state index is 0.0767. The van der Waals surface area contributed by atoms with Crippen molar-refractivity contribution >= 4 is 33.6 Å². The van der Waals surface area contributed by atoms with Crippen LogP contribution in [0.3, 0.4) is 0 Å². The number of hydrogen-bond donors (Lipinski definition) is 3. The van der Waals surface area contributed by atoms with Crippen LogP contribution >= 0.6 is 0 Å². The molecule has 8 heteroatoms. The first kappa shape index (κ1) is 21.6. The highest BCUT2D eigenvalue weighted by molar-refractivity contribution is 7.92. The first-order valence-corrected chi connectivity index (χ1v) is 11.6. The minimum Gasteiger partial charge on any atom is -0.349 e. The zero-order chi connectivity index (χ0) is 21.7. The van der Waals surface area contributed by atoms with Crippen molar-refractivity contribution in [2.24, 2.45) is 0 Å². The van der Waals surface area contributed by atoms with Crippen LogP contribution in [-0.2, 0) is 14.8 Å². The molecule has 2 aromatic carbocycles. The quantitative estimate of drug-likeness (QED) is 0.564. The maximum atomic E-state index is 12.2. The number of rotatable bonds is 8. The molecule has 0 saturated heterocycles. The molecule has 1 saturated carbocycles. The van der Waals surface area contributed by atoms with Crippen molar-refractivity contribution in [3.63, 3.8) is 0 Å². The van der Waals surface area contributed by atoms with E-state index in [0.29, 0.717) is 17.3 Å². The van der Waals surface area contributed by atoms with E-state index in [4.69, 9.17) is 0 Å². The first-order valence-electron chi connectivity index (χ1n) is 9.67. The highest BCUT2D eigenvalue weighted by atomic mass is 32.2. The maximum Gasteiger partial charge on any atom is 0.251 e. The second-order valence-corrected chi connectivity index (χ2v) is 9.18. The lowest BCUT2D eigenvalue weighted by atomic mass is 10.1. The van der Waals surface area contributed by atoms with E-state index in [2.05, 4.69) is 15.4 Å². The van der Waals surface area contributed by atoms with Crippen LogP contribution in [0.15, 0.2) is 54.6 Å². The van der Waals surface area contributed by atoms with Crippen molar-refractivity contribution in [2.75, 3.05) is 11.0 Å². The summed E-state index contributed by atoms with van der Waals surface area (Å²) in [5.74, 6) is -0.355. The third-order valence-electron chi connectivity index (χ3n) is 4.56. The van der Waals surface area contributed by atoms with E-state index in [1.165, 1.54) is 6.08 Å². The SMILES string of the molecule is CC(NC(=O)C=Cc1ccc(C(=O)NC2CC2)cc1)c1cccc(NS(C)(=O)=O)c1. The Kier molecular flexibility index (Phi) is 6.56. The van der Waals surface area contributed by atoms with Crippen molar-refractivity contribution in [3.8, 4) is 0 Å². The van der Waals surface area contributed by atoms with Crippen LogP contribution in [0.5, 0.6) is 0 Å². The third kappa shape index (κ3) is 6.73. The van der Waals surface area contributed by atoms with E-state index in [-0.39, 0.29) is 17.9 Å². The van der Waals surface area contributed by atoms with E-state index in [1.807, 2.05) is 13.0 Å². The van der Waals surface area contributed by atoms with Gasteiger partial charge in [0.25, 0.3) is 5.91 Å². The zero-order valence-corrected chi connectivity index (χ0v) is 17.7. The van der Waals surface area contributed by atoms with Gasteiger partial charge in [-0.3, -0.25) is 14.3 Å². The van der Waals surface area contributed by atoms with Gasteiger partial charge in [-0.05, 0) is 61.2 Å². The Morgan fingerprint density at radius 1 is 1.10 bits per heavy atom. The molecule has 1 aliphatic carbocycles. The fourth-order valence-corrected chi connectivity index (χ4v) is 3.40. The average molecular weight is 428 g/mol. The summed E-state index contributed by atoms with van der Waals surface area (Å²) < 4.78 is 25.2. The number of benzene rings is 2. The summed E-state index contributed by atoms with van der Waals surface area (Å²) in [4.78, 5) is 24.2. The Hall–Kier alpha value is -3.13. The molecule has 0 bridgehead atoms. The molecule has 1 aliphatic rings. The van der Waals surface area contributed by atoms with E-state index in [1.54, 1.807) is 48.5 Å². The number of sulfonamides is 1. The molecule has 2 aromatic rings. The number of amides is 2. The van der Waals surface area contributed by atoms with Crippen LogP contribution in [0.4, 0.5) is 5.69 Å². The Bertz CT molecular complexity index is 1060. The number of hydrogen-bond acceptors (Lipinski definition) is 4. The van der Waals surface area contributed by atoms with Gasteiger partial charge in [0.05, 0.1) is 12.3 Å². The molecular weight excluding hydrogens is 402 g/mol. The monoisotopic (exact) mass is 427 g/mol. The smallest absolute Gasteiger partial charge is 0.251 e. The van der Waals surface area contributed by atoms with Gasteiger partial charge in [0, 0.05) is 23.4 Å². The molecule has 1 atom stereocenters. The Labute approximate surface area is 176 Å². The molecule has 158 valence electrons. The predicted octanol–water partition coefficient (Wildman–Crippen LogP) is 2.84. The van der Waals surface area contributed by atoms with Gasteiger partial charge in [0.2, 0.25) is 15.9 Å². The van der Waals surface area contributed by atoms with E-state index < -0.39 is 10.0 Å². The van der Waals surface area contributed by atoms with E-state index >= 15 is 0 Å². The standard InChI is InChI=1S/C22H25N3O4S/c1-15(18-4-3-5-20(14-18)25-30(2,28)29)23-21(26)13-8-16-6-9-17(10-7-16)22(27)24-19-11-12-19/h3-10,13-15,19,25H,11-12H2,1-2H3,(H,23,26)(H,24,27).